The van der Waals surface area contributed by atoms with Gasteiger partial charge < -0.3 is 10.5 Å². The van der Waals surface area contributed by atoms with E-state index in [0.29, 0.717) is 0 Å². The Kier molecular flexibility index (Phi) is 3.19. The second kappa shape index (κ2) is 3.48. The van der Waals surface area contributed by atoms with Gasteiger partial charge in [-0.25, -0.2) is 4.79 Å². The van der Waals surface area contributed by atoms with Gasteiger partial charge in [-0.05, 0) is 20.8 Å². The molecule has 11 heavy (non-hydrogen) atoms. The number of rotatable bonds is 3. The minimum atomic E-state index is -1.49. The Morgan fingerprint density at radius 2 is 2.00 bits per heavy atom. The van der Waals surface area contributed by atoms with Crippen LogP contribution in [-0.2, 0) is 14.3 Å². The van der Waals surface area contributed by atoms with Crippen molar-refractivity contribution in [2.75, 3.05) is 6.61 Å². The maximum atomic E-state index is 10.9. The smallest absolute Gasteiger partial charge is 0.333 e. The average Bonchev–Trinajstić information content (AvgIpc) is 1.88. The van der Waals surface area contributed by atoms with Gasteiger partial charge in [-0.2, -0.15) is 0 Å². The summed E-state index contributed by atoms with van der Waals surface area (Å²) in [7, 11) is 0. The van der Waals surface area contributed by atoms with E-state index < -0.39 is 17.3 Å². The third-order valence-electron chi connectivity index (χ3n) is 1.43. The number of carbonyl (C=O) groups is 2. The molecule has 0 spiro atoms. The van der Waals surface area contributed by atoms with Crippen LogP contribution in [-0.4, -0.2) is 23.9 Å². The van der Waals surface area contributed by atoms with E-state index in [4.69, 9.17) is 5.73 Å². The van der Waals surface area contributed by atoms with Crippen molar-refractivity contribution >= 4 is 11.8 Å². The molecule has 0 aliphatic heterocycles. The van der Waals surface area contributed by atoms with Gasteiger partial charge in [-0.3, -0.25) is 4.79 Å². The maximum Gasteiger partial charge on any atom is 0.333 e. The summed E-state index contributed by atoms with van der Waals surface area (Å²) in [6.45, 7) is 4.50. The molecule has 0 amide bonds. The molecule has 1 atom stereocenters. The van der Waals surface area contributed by atoms with Crippen LogP contribution in [0, 0.1) is 0 Å². The summed E-state index contributed by atoms with van der Waals surface area (Å²) < 4.78 is 4.58. The fraction of sp³-hybridized carbons (Fsp3) is 0.714. The number of Topliss-reactive ketones (excluding diaryl/α,β-unsaturated/α-hetero) is 1. The minimum absolute atomic E-state index is 0.235. The predicted octanol–water partition coefficient (Wildman–Crippen LogP) is -0.144. The third-order valence-corrected chi connectivity index (χ3v) is 1.43. The van der Waals surface area contributed by atoms with Crippen molar-refractivity contribution in [2.24, 2.45) is 5.73 Å². The molecule has 4 nitrogen and oxygen atoms in total. The molecule has 0 bridgehead atoms. The average molecular weight is 159 g/mol. The van der Waals surface area contributed by atoms with Gasteiger partial charge in [0, 0.05) is 0 Å². The molecule has 0 aliphatic rings. The normalized spacial score (nSPS) is 15.3. The van der Waals surface area contributed by atoms with Gasteiger partial charge in [0.2, 0.25) is 0 Å². The Bertz CT molecular complexity index is 175. The molecule has 4 heteroatoms. The van der Waals surface area contributed by atoms with E-state index in [1.165, 1.54) is 13.8 Å². The molecule has 64 valence electrons. The largest absolute Gasteiger partial charge is 0.464 e. The summed E-state index contributed by atoms with van der Waals surface area (Å²) in [5.41, 5.74) is 3.87. The Morgan fingerprint density at radius 3 is 2.27 bits per heavy atom. The molecule has 0 radical (unpaired) electrons. The van der Waals surface area contributed by atoms with Gasteiger partial charge in [-0.15, -0.1) is 0 Å². The molecule has 2 N–H and O–H groups in total. The quantitative estimate of drug-likeness (QED) is 0.459. The zero-order chi connectivity index (χ0) is 9.07. The SMILES string of the molecule is CCOC(=O)C(C)(N)C(C)=O. The van der Waals surface area contributed by atoms with Crippen LogP contribution in [0.1, 0.15) is 20.8 Å². The van der Waals surface area contributed by atoms with Gasteiger partial charge in [0.1, 0.15) is 0 Å². The summed E-state index contributed by atoms with van der Waals surface area (Å²) in [5.74, 6) is -1.07. The fourth-order valence-corrected chi connectivity index (χ4v) is 0.425. The van der Waals surface area contributed by atoms with Crippen molar-refractivity contribution in [3.63, 3.8) is 0 Å². The van der Waals surface area contributed by atoms with Crippen LogP contribution in [0.15, 0.2) is 0 Å². The first-order valence-corrected chi connectivity index (χ1v) is 3.40. The fourth-order valence-electron chi connectivity index (χ4n) is 0.425. The van der Waals surface area contributed by atoms with Gasteiger partial charge in [-0.1, -0.05) is 0 Å². The van der Waals surface area contributed by atoms with Crippen molar-refractivity contribution in [1.82, 2.24) is 0 Å². The highest BCUT2D eigenvalue weighted by atomic mass is 16.5. The lowest BCUT2D eigenvalue weighted by molar-refractivity contribution is -0.152. The molecule has 1 unspecified atom stereocenters. The number of esters is 1. The Morgan fingerprint density at radius 1 is 1.55 bits per heavy atom. The van der Waals surface area contributed by atoms with Crippen LogP contribution in [0.3, 0.4) is 0 Å². The second-order valence-electron chi connectivity index (χ2n) is 2.48. The summed E-state index contributed by atoms with van der Waals surface area (Å²) in [4.78, 5) is 21.7. The molecule has 0 aromatic heterocycles. The summed E-state index contributed by atoms with van der Waals surface area (Å²) >= 11 is 0. The lowest BCUT2D eigenvalue weighted by Gasteiger charge is -2.17. The number of ether oxygens (including phenoxy) is 1. The molecule has 0 aliphatic carbocycles. The van der Waals surface area contributed by atoms with E-state index >= 15 is 0 Å². The van der Waals surface area contributed by atoms with E-state index in [0.717, 1.165) is 0 Å². The van der Waals surface area contributed by atoms with E-state index in [1.807, 2.05) is 0 Å². The third kappa shape index (κ3) is 2.31. The zero-order valence-electron chi connectivity index (χ0n) is 7.01. The molecule has 0 rings (SSSR count). The van der Waals surface area contributed by atoms with Crippen molar-refractivity contribution in [3.8, 4) is 0 Å². The second-order valence-corrected chi connectivity index (χ2v) is 2.48. The first-order valence-electron chi connectivity index (χ1n) is 3.40. The van der Waals surface area contributed by atoms with E-state index in [9.17, 15) is 9.59 Å². The van der Waals surface area contributed by atoms with Gasteiger partial charge >= 0.3 is 5.97 Å². The van der Waals surface area contributed by atoms with E-state index in [1.54, 1.807) is 6.92 Å². The van der Waals surface area contributed by atoms with Crippen LogP contribution >= 0.6 is 0 Å². The molecular weight excluding hydrogens is 146 g/mol. The summed E-state index contributed by atoms with van der Waals surface area (Å²) in [6.07, 6.45) is 0. The van der Waals surface area contributed by atoms with Crippen LogP contribution in [0.2, 0.25) is 0 Å². The number of hydrogen-bond acceptors (Lipinski definition) is 4. The van der Waals surface area contributed by atoms with E-state index in [-0.39, 0.29) is 6.61 Å². The highest BCUT2D eigenvalue weighted by Crippen LogP contribution is 2.03. The first-order chi connectivity index (χ1) is 4.92. The molecule has 0 saturated carbocycles. The zero-order valence-corrected chi connectivity index (χ0v) is 7.01. The molecule has 0 aromatic carbocycles. The van der Waals surface area contributed by atoms with Gasteiger partial charge in [0.25, 0.3) is 0 Å². The topological polar surface area (TPSA) is 69.4 Å². The standard InChI is InChI=1S/C7H13NO3/c1-4-11-6(10)7(3,8)5(2)9/h4,8H2,1-3H3. The van der Waals surface area contributed by atoms with Crippen LogP contribution < -0.4 is 5.73 Å². The van der Waals surface area contributed by atoms with Crippen molar-refractivity contribution in [2.45, 2.75) is 26.3 Å². The lowest BCUT2D eigenvalue weighted by Crippen LogP contribution is -2.52. The van der Waals surface area contributed by atoms with Crippen molar-refractivity contribution < 1.29 is 14.3 Å². The maximum absolute atomic E-state index is 10.9. The van der Waals surface area contributed by atoms with Crippen molar-refractivity contribution in [3.05, 3.63) is 0 Å². The van der Waals surface area contributed by atoms with Gasteiger partial charge in [0.05, 0.1) is 6.61 Å². The number of ketones is 1. The highest BCUT2D eigenvalue weighted by Gasteiger charge is 2.34. The molecular formula is C7H13NO3. The minimum Gasteiger partial charge on any atom is -0.464 e. The van der Waals surface area contributed by atoms with Gasteiger partial charge in [0.15, 0.2) is 11.3 Å². The Labute approximate surface area is 65.7 Å². The summed E-state index contributed by atoms with van der Waals surface area (Å²) in [6, 6.07) is 0. The number of carbonyl (C=O) groups excluding carboxylic acids is 2. The monoisotopic (exact) mass is 159 g/mol. The lowest BCUT2D eigenvalue weighted by atomic mass is 10.00. The van der Waals surface area contributed by atoms with E-state index in [2.05, 4.69) is 4.74 Å². The number of hydrogen-bond donors (Lipinski definition) is 1. The number of nitrogens with two attached hydrogens (primary N) is 1. The van der Waals surface area contributed by atoms with Crippen LogP contribution in [0.25, 0.3) is 0 Å². The predicted molar refractivity (Wildman–Crippen MR) is 39.9 cm³/mol. The molecule has 0 saturated heterocycles. The van der Waals surface area contributed by atoms with Crippen molar-refractivity contribution in [1.29, 1.82) is 0 Å². The summed E-state index contributed by atoms with van der Waals surface area (Å²) in [5, 5.41) is 0. The highest BCUT2D eigenvalue weighted by molar-refractivity contribution is 6.06. The van der Waals surface area contributed by atoms with Crippen LogP contribution in [0.4, 0.5) is 0 Å². The Balaban J connectivity index is 4.30. The molecule has 0 aromatic rings. The van der Waals surface area contributed by atoms with Crippen LogP contribution in [0.5, 0.6) is 0 Å². The Hall–Kier alpha value is -0.900. The first kappa shape index (κ1) is 10.1. The molecule has 0 heterocycles. The molecule has 0 fully saturated rings.